The van der Waals surface area contributed by atoms with Gasteiger partial charge >= 0.3 is 0 Å². The van der Waals surface area contributed by atoms with Gasteiger partial charge in [0.2, 0.25) is 0 Å². The first-order valence-electron chi connectivity index (χ1n) is 7.35. The van der Waals surface area contributed by atoms with Gasteiger partial charge in [-0.1, -0.05) is 36.4 Å². The molecule has 0 saturated carbocycles. The maximum absolute atomic E-state index is 5.80. The molecule has 0 bridgehead atoms. The van der Waals surface area contributed by atoms with Crippen molar-refractivity contribution in [2.45, 2.75) is 13.0 Å². The number of hydrogen-bond donors (Lipinski definition) is 2. The lowest BCUT2D eigenvalue weighted by atomic mass is 10.1. The molecule has 1 heterocycles. The van der Waals surface area contributed by atoms with E-state index in [0.29, 0.717) is 6.61 Å². The number of rotatable bonds is 6. The molecule has 0 atom stereocenters. The summed E-state index contributed by atoms with van der Waals surface area (Å²) < 4.78 is 5.80. The zero-order valence-electron chi connectivity index (χ0n) is 12.3. The third-order valence-electron chi connectivity index (χ3n) is 3.52. The molecule has 4 heteroatoms. The van der Waals surface area contributed by atoms with Gasteiger partial charge in [0.25, 0.3) is 0 Å². The number of nitrogens with one attached hydrogen (secondary N) is 1. The Morgan fingerprint density at radius 1 is 0.955 bits per heavy atom. The average molecular weight is 293 g/mol. The summed E-state index contributed by atoms with van der Waals surface area (Å²) in [7, 11) is 0. The molecule has 3 aromatic rings. The number of hydrogen-bond acceptors (Lipinski definition) is 4. The van der Waals surface area contributed by atoms with E-state index in [1.54, 1.807) is 0 Å². The van der Waals surface area contributed by atoms with Crippen molar-refractivity contribution in [1.82, 2.24) is 10.4 Å². The quantitative estimate of drug-likeness (QED) is 0.542. The number of ether oxygens (including phenoxy) is 1. The first-order chi connectivity index (χ1) is 10.8. The molecular formula is C18H19N3O. The molecular weight excluding hydrogens is 274 g/mol. The van der Waals surface area contributed by atoms with Crippen LogP contribution in [0.5, 0.6) is 5.75 Å². The van der Waals surface area contributed by atoms with Crippen LogP contribution in [0.3, 0.4) is 0 Å². The van der Waals surface area contributed by atoms with Gasteiger partial charge in [0.05, 0.1) is 11.2 Å². The lowest BCUT2D eigenvalue weighted by Crippen LogP contribution is -2.24. The van der Waals surface area contributed by atoms with Gasteiger partial charge in [-0.15, -0.1) is 0 Å². The zero-order valence-corrected chi connectivity index (χ0v) is 12.3. The van der Waals surface area contributed by atoms with Gasteiger partial charge < -0.3 is 4.74 Å². The van der Waals surface area contributed by atoms with Crippen molar-refractivity contribution in [1.29, 1.82) is 0 Å². The van der Waals surface area contributed by atoms with Gasteiger partial charge in [-0.25, -0.2) is 4.98 Å². The van der Waals surface area contributed by atoms with E-state index in [9.17, 15) is 0 Å². The Morgan fingerprint density at radius 2 is 1.77 bits per heavy atom. The summed E-state index contributed by atoms with van der Waals surface area (Å²) in [5, 5.41) is 1.14. The number of hydrazine groups is 1. The van der Waals surface area contributed by atoms with Crippen molar-refractivity contribution in [3.8, 4) is 5.75 Å². The van der Waals surface area contributed by atoms with Crippen LogP contribution in [-0.2, 0) is 13.0 Å². The van der Waals surface area contributed by atoms with Crippen molar-refractivity contribution >= 4 is 10.9 Å². The molecule has 22 heavy (non-hydrogen) atoms. The first kappa shape index (κ1) is 14.5. The van der Waals surface area contributed by atoms with Gasteiger partial charge in [0.15, 0.2) is 0 Å². The highest BCUT2D eigenvalue weighted by Gasteiger charge is 2.00. The summed E-state index contributed by atoms with van der Waals surface area (Å²) in [6.45, 7) is 1.23. The van der Waals surface area contributed by atoms with Crippen molar-refractivity contribution < 1.29 is 4.74 Å². The van der Waals surface area contributed by atoms with E-state index in [4.69, 9.17) is 10.6 Å². The number of nitrogens with zero attached hydrogens (tertiary/aromatic N) is 1. The van der Waals surface area contributed by atoms with Crippen LogP contribution in [0.1, 0.15) is 11.3 Å². The number of para-hydroxylation sites is 1. The van der Waals surface area contributed by atoms with Crippen LogP contribution in [0.25, 0.3) is 10.9 Å². The summed E-state index contributed by atoms with van der Waals surface area (Å²) >= 11 is 0. The standard InChI is InChI=1S/C18H19N3O/c19-20-12-11-14-5-9-17(10-6-14)22-13-16-8-7-15-3-1-2-4-18(15)21-16/h1-10,20H,11-13,19H2. The molecule has 0 amide bonds. The van der Waals surface area contributed by atoms with Crippen molar-refractivity contribution in [3.63, 3.8) is 0 Å². The van der Waals surface area contributed by atoms with Gasteiger partial charge in [-0.2, -0.15) is 0 Å². The molecule has 0 unspecified atom stereocenters. The van der Waals surface area contributed by atoms with Crippen LogP contribution in [0.15, 0.2) is 60.7 Å². The summed E-state index contributed by atoms with van der Waals surface area (Å²) in [4.78, 5) is 4.60. The largest absolute Gasteiger partial charge is 0.487 e. The van der Waals surface area contributed by atoms with E-state index >= 15 is 0 Å². The van der Waals surface area contributed by atoms with E-state index in [0.717, 1.165) is 35.3 Å². The topological polar surface area (TPSA) is 60.2 Å². The molecule has 4 nitrogen and oxygen atoms in total. The Kier molecular flexibility index (Phi) is 4.63. The zero-order chi connectivity index (χ0) is 15.2. The number of nitrogens with two attached hydrogens (primary N) is 1. The average Bonchev–Trinajstić information content (AvgIpc) is 2.59. The number of aromatic nitrogens is 1. The number of fused-ring (bicyclic) bond motifs is 1. The maximum Gasteiger partial charge on any atom is 0.130 e. The van der Waals surface area contributed by atoms with Gasteiger partial charge in [0, 0.05) is 11.9 Å². The highest BCUT2D eigenvalue weighted by Crippen LogP contribution is 2.16. The molecule has 112 valence electrons. The fraction of sp³-hybridized carbons (Fsp3) is 0.167. The van der Waals surface area contributed by atoms with Crippen LogP contribution in [-0.4, -0.2) is 11.5 Å². The molecule has 2 aromatic carbocycles. The minimum atomic E-state index is 0.467. The third kappa shape index (κ3) is 3.61. The van der Waals surface area contributed by atoms with E-state index in [1.807, 2.05) is 36.4 Å². The highest BCUT2D eigenvalue weighted by atomic mass is 16.5. The Labute approximate surface area is 129 Å². The summed E-state index contributed by atoms with van der Waals surface area (Å²) in [5.74, 6) is 6.12. The molecule has 1 aromatic heterocycles. The maximum atomic E-state index is 5.80. The fourth-order valence-electron chi connectivity index (χ4n) is 2.31. The lowest BCUT2D eigenvalue weighted by Gasteiger charge is -2.08. The monoisotopic (exact) mass is 293 g/mol. The molecule has 3 N–H and O–H groups in total. The summed E-state index contributed by atoms with van der Waals surface area (Å²) in [6.07, 6.45) is 0.906. The van der Waals surface area contributed by atoms with Crippen LogP contribution < -0.4 is 16.0 Å². The Morgan fingerprint density at radius 3 is 2.59 bits per heavy atom. The first-order valence-corrected chi connectivity index (χ1v) is 7.35. The summed E-state index contributed by atoms with van der Waals surface area (Å²) in [5.41, 5.74) is 5.80. The van der Waals surface area contributed by atoms with Gasteiger partial charge in [-0.05, 0) is 36.2 Å². The molecule has 0 aliphatic rings. The van der Waals surface area contributed by atoms with E-state index in [2.05, 4.69) is 34.7 Å². The predicted molar refractivity (Wildman–Crippen MR) is 88.4 cm³/mol. The molecule has 0 fully saturated rings. The highest BCUT2D eigenvalue weighted by molar-refractivity contribution is 5.78. The second-order valence-corrected chi connectivity index (χ2v) is 5.13. The van der Waals surface area contributed by atoms with Crippen LogP contribution in [0, 0.1) is 0 Å². The van der Waals surface area contributed by atoms with Crippen LogP contribution in [0.2, 0.25) is 0 Å². The van der Waals surface area contributed by atoms with Gasteiger partial charge in [0.1, 0.15) is 12.4 Å². The van der Waals surface area contributed by atoms with Crippen LogP contribution >= 0.6 is 0 Å². The van der Waals surface area contributed by atoms with Gasteiger partial charge in [-0.3, -0.25) is 11.3 Å². The van der Waals surface area contributed by atoms with Crippen molar-refractivity contribution in [2.75, 3.05) is 6.54 Å². The molecule has 3 rings (SSSR count). The molecule has 0 spiro atoms. The molecule has 0 aliphatic carbocycles. The SMILES string of the molecule is NNCCc1ccc(OCc2ccc3ccccc3n2)cc1. The predicted octanol–water partition coefficient (Wildman–Crippen LogP) is 2.82. The minimum absolute atomic E-state index is 0.467. The Bertz CT molecular complexity index is 741. The van der Waals surface area contributed by atoms with Crippen molar-refractivity contribution in [3.05, 3.63) is 71.9 Å². The Hall–Kier alpha value is -2.43. The number of benzene rings is 2. The second-order valence-electron chi connectivity index (χ2n) is 5.13. The van der Waals surface area contributed by atoms with Crippen molar-refractivity contribution in [2.24, 2.45) is 5.84 Å². The Balaban J connectivity index is 1.63. The summed E-state index contributed by atoms with van der Waals surface area (Å²) in [6, 6.07) is 20.2. The van der Waals surface area contributed by atoms with E-state index in [1.165, 1.54) is 5.56 Å². The molecule has 0 aliphatic heterocycles. The smallest absolute Gasteiger partial charge is 0.130 e. The van der Waals surface area contributed by atoms with E-state index in [-0.39, 0.29) is 0 Å². The second kappa shape index (κ2) is 7.02. The third-order valence-corrected chi connectivity index (χ3v) is 3.52. The molecule has 0 radical (unpaired) electrons. The fourth-order valence-corrected chi connectivity index (χ4v) is 2.31. The number of pyridine rings is 1. The lowest BCUT2D eigenvalue weighted by molar-refractivity contribution is 0.301. The van der Waals surface area contributed by atoms with Crippen LogP contribution in [0.4, 0.5) is 0 Å². The normalized spacial score (nSPS) is 10.8. The molecule has 0 saturated heterocycles. The van der Waals surface area contributed by atoms with E-state index < -0.39 is 0 Å². The minimum Gasteiger partial charge on any atom is -0.487 e.